The monoisotopic (exact) mass is 200 g/mol. The van der Waals surface area contributed by atoms with E-state index in [1.165, 1.54) is 0 Å². The summed E-state index contributed by atoms with van der Waals surface area (Å²) in [5, 5.41) is 0. The molecule has 2 rings (SSSR count). The lowest BCUT2D eigenvalue weighted by Gasteiger charge is -2.08. The van der Waals surface area contributed by atoms with E-state index >= 15 is 0 Å². The van der Waals surface area contributed by atoms with Crippen molar-refractivity contribution in [1.29, 1.82) is 0 Å². The van der Waals surface area contributed by atoms with Crippen LogP contribution in [0.25, 0.3) is 0 Å². The zero-order chi connectivity index (χ0) is 11.0. The lowest BCUT2D eigenvalue weighted by Crippen LogP contribution is -2.03. The molecule has 1 aliphatic carbocycles. The molecule has 1 aromatic rings. The Morgan fingerprint density at radius 1 is 1.40 bits per heavy atom. The number of fused-ring (bicyclic) bond motifs is 1. The van der Waals surface area contributed by atoms with Crippen molar-refractivity contribution in [3.05, 3.63) is 47.5 Å². The molecule has 0 saturated carbocycles. The second-order valence-electron chi connectivity index (χ2n) is 3.90. The Hall–Kier alpha value is -1.70. The Bertz CT molecular complexity index is 457. The van der Waals surface area contributed by atoms with Gasteiger partial charge in [0.15, 0.2) is 5.78 Å². The number of benzene rings is 1. The summed E-state index contributed by atoms with van der Waals surface area (Å²) < 4.78 is 0. The summed E-state index contributed by atoms with van der Waals surface area (Å²) in [5.74, 6) is -0.0336. The molecule has 0 aliphatic heterocycles. The van der Waals surface area contributed by atoms with Crippen LogP contribution in [-0.2, 0) is 4.79 Å². The zero-order valence-electron chi connectivity index (χ0n) is 8.62. The molecular formula is C13H12O2. The summed E-state index contributed by atoms with van der Waals surface area (Å²) in [6.07, 6.45) is 0.377. The van der Waals surface area contributed by atoms with Crippen LogP contribution in [0.4, 0.5) is 0 Å². The molecule has 0 saturated heterocycles. The molecule has 1 aliphatic rings. The second kappa shape index (κ2) is 3.46. The average molecular weight is 200 g/mol. The zero-order valence-corrected chi connectivity index (χ0v) is 8.62. The molecule has 0 bridgehead atoms. The molecule has 0 amide bonds. The molecule has 1 aromatic carbocycles. The highest BCUT2D eigenvalue weighted by Crippen LogP contribution is 2.38. The van der Waals surface area contributed by atoms with Gasteiger partial charge in [-0.1, -0.05) is 30.8 Å². The van der Waals surface area contributed by atoms with Gasteiger partial charge in [-0.25, -0.2) is 0 Å². The number of carbonyl (C=O) groups excluding carboxylic acids is 2. The third-order valence-electron chi connectivity index (χ3n) is 2.78. The lowest BCUT2D eigenvalue weighted by molar-refractivity contribution is -0.117. The van der Waals surface area contributed by atoms with Gasteiger partial charge in [0.25, 0.3) is 0 Å². The Morgan fingerprint density at radius 2 is 2.07 bits per heavy atom. The summed E-state index contributed by atoms with van der Waals surface area (Å²) in [7, 11) is 0. The van der Waals surface area contributed by atoms with Crippen molar-refractivity contribution in [2.45, 2.75) is 19.3 Å². The van der Waals surface area contributed by atoms with E-state index in [1.807, 2.05) is 18.2 Å². The van der Waals surface area contributed by atoms with Crippen molar-refractivity contribution in [3.8, 4) is 0 Å². The SMILES string of the molecule is C=C1C(=O)c2ccccc2C1CC(C)=O. The third kappa shape index (κ3) is 1.52. The van der Waals surface area contributed by atoms with E-state index in [4.69, 9.17) is 0 Å². The van der Waals surface area contributed by atoms with Crippen molar-refractivity contribution in [3.63, 3.8) is 0 Å². The fraction of sp³-hybridized carbons (Fsp3) is 0.231. The van der Waals surface area contributed by atoms with Gasteiger partial charge in [0.1, 0.15) is 5.78 Å². The number of rotatable bonds is 2. The molecule has 0 radical (unpaired) electrons. The Balaban J connectivity index is 2.47. The van der Waals surface area contributed by atoms with Gasteiger partial charge in [-0.15, -0.1) is 0 Å². The normalized spacial score (nSPS) is 19.1. The molecule has 1 atom stereocenters. The number of Topliss-reactive ketones (excluding diaryl/α,β-unsaturated/α-hetero) is 2. The summed E-state index contributed by atoms with van der Waals surface area (Å²) in [5.41, 5.74) is 2.20. The van der Waals surface area contributed by atoms with Crippen LogP contribution in [0.5, 0.6) is 0 Å². The van der Waals surface area contributed by atoms with E-state index in [-0.39, 0.29) is 17.5 Å². The minimum atomic E-state index is -0.105. The van der Waals surface area contributed by atoms with Gasteiger partial charge in [0.05, 0.1) is 0 Å². The lowest BCUT2D eigenvalue weighted by atomic mass is 9.93. The van der Waals surface area contributed by atoms with E-state index in [0.717, 1.165) is 5.56 Å². The molecular weight excluding hydrogens is 188 g/mol. The Morgan fingerprint density at radius 3 is 2.73 bits per heavy atom. The third-order valence-corrected chi connectivity index (χ3v) is 2.78. The molecule has 0 fully saturated rings. The van der Waals surface area contributed by atoms with Crippen molar-refractivity contribution in [2.75, 3.05) is 0 Å². The molecule has 15 heavy (non-hydrogen) atoms. The number of allylic oxidation sites excluding steroid dienone is 1. The fourth-order valence-electron chi connectivity index (χ4n) is 2.05. The van der Waals surface area contributed by atoms with Crippen LogP contribution in [-0.4, -0.2) is 11.6 Å². The van der Waals surface area contributed by atoms with Crippen LogP contribution in [0.3, 0.4) is 0 Å². The topological polar surface area (TPSA) is 34.1 Å². The van der Waals surface area contributed by atoms with E-state index in [0.29, 0.717) is 17.6 Å². The first-order chi connectivity index (χ1) is 7.11. The van der Waals surface area contributed by atoms with Crippen LogP contribution in [0.1, 0.15) is 35.2 Å². The number of ketones is 2. The number of carbonyl (C=O) groups is 2. The summed E-state index contributed by atoms with van der Waals surface area (Å²) in [6, 6.07) is 7.42. The summed E-state index contributed by atoms with van der Waals surface area (Å²) in [4.78, 5) is 22.9. The quantitative estimate of drug-likeness (QED) is 0.687. The fourth-order valence-corrected chi connectivity index (χ4v) is 2.05. The molecule has 0 heterocycles. The van der Waals surface area contributed by atoms with Crippen molar-refractivity contribution < 1.29 is 9.59 Å². The van der Waals surface area contributed by atoms with Gasteiger partial charge in [-0.05, 0) is 12.5 Å². The van der Waals surface area contributed by atoms with Crippen LogP contribution in [0.15, 0.2) is 36.4 Å². The average Bonchev–Trinajstić information content (AvgIpc) is 2.44. The summed E-state index contributed by atoms with van der Waals surface area (Å²) in [6.45, 7) is 5.32. The van der Waals surface area contributed by atoms with Gasteiger partial charge >= 0.3 is 0 Å². The van der Waals surface area contributed by atoms with E-state index in [1.54, 1.807) is 13.0 Å². The molecule has 1 unspecified atom stereocenters. The van der Waals surface area contributed by atoms with Crippen LogP contribution < -0.4 is 0 Å². The highest BCUT2D eigenvalue weighted by atomic mass is 16.1. The number of hydrogen-bond acceptors (Lipinski definition) is 2. The van der Waals surface area contributed by atoms with Crippen molar-refractivity contribution in [2.24, 2.45) is 0 Å². The van der Waals surface area contributed by atoms with Gasteiger partial charge in [-0.2, -0.15) is 0 Å². The van der Waals surface area contributed by atoms with Crippen LogP contribution in [0, 0.1) is 0 Å². The smallest absolute Gasteiger partial charge is 0.189 e. The van der Waals surface area contributed by atoms with Crippen molar-refractivity contribution in [1.82, 2.24) is 0 Å². The molecule has 76 valence electrons. The van der Waals surface area contributed by atoms with Crippen LogP contribution >= 0.6 is 0 Å². The highest BCUT2D eigenvalue weighted by molar-refractivity contribution is 6.14. The van der Waals surface area contributed by atoms with E-state index in [2.05, 4.69) is 6.58 Å². The Kier molecular flexibility index (Phi) is 2.27. The number of hydrogen-bond donors (Lipinski definition) is 0. The second-order valence-corrected chi connectivity index (χ2v) is 3.90. The maximum atomic E-state index is 11.8. The van der Waals surface area contributed by atoms with Gasteiger partial charge in [-0.3, -0.25) is 9.59 Å². The molecule has 0 spiro atoms. The predicted octanol–water partition coefficient (Wildman–Crippen LogP) is 2.50. The highest BCUT2D eigenvalue weighted by Gasteiger charge is 2.33. The van der Waals surface area contributed by atoms with Gasteiger partial charge in [0, 0.05) is 23.5 Å². The molecule has 2 heteroatoms. The maximum absolute atomic E-state index is 11.8. The largest absolute Gasteiger partial charge is 0.300 e. The summed E-state index contributed by atoms with van der Waals surface area (Å²) >= 11 is 0. The maximum Gasteiger partial charge on any atom is 0.189 e. The molecule has 0 N–H and O–H groups in total. The van der Waals surface area contributed by atoms with E-state index < -0.39 is 0 Å². The molecule has 2 nitrogen and oxygen atoms in total. The first kappa shape index (κ1) is 9.84. The standard InChI is InChI=1S/C13H12O2/c1-8(14)7-12-9(2)13(15)11-6-4-3-5-10(11)12/h3-6,12H,2,7H2,1H3. The first-order valence-electron chi connectivity index (χ1n) is 4.93. The van der Waals surface area contributed by atoms with Crippen molar-refractivity contribution >= 4 is 11.6 Å². The van der Waals surface area contributed by atoms with Gasteiger partial charge < -0.3 is 0 Å². The Labute approximate surface area is 88.6 Å². The predicted molar refractivity (Wildman–Crippen MR) is 58.0 cm³/mol. The minimum absolute atomic E-state index is 0.0168. The van der Waals surface area contributed by atoms with E-state index in [9.17, 15) is 9.59 Å². The van der Waals surface area contributed by atoms with Gasteiger partial charge in [0.2, 0.25) is 0 Å². The molecule has 0 aromatic heterocycles. The van der Waals surface area contributed by atoms with Crippen LogP contribution in [0.2, 0.25) is 0 Å². The minimum Gasteiger partial charge on any atom is -0.300 e. The first-order valence-corrected chi connectivity index (χ1v) is 4.93.